The fraction of sp³-hybridized carbons (Fsp3) is 0.429. The Kier molecular flexibility index (Phi) is 3.36. The normalized spacial score (nSPS) is 15.4. The van der Waals surface area contributed by atoms with Crippen LogP contribution in [0.25, 0.3) is 0 Å². The standard InChI is InChI=1S/C7H10ClN5.ClH/c1-12-6(5(8)4-11-12)7-10-2-3-13(7)9;/h4H,2-3,9H2,1H3;1H. The number of halogens is 2. The highest BCUT2D eigenvalue weighted by molar-refractivity contribution is 6.33. The first-order valence-corrected chi connectivity index (χ1v) is 4.32. The lowest BCUT2D eigenvalue weighted by Gasteiger charge is -2.13. The van der Waals surface area contributed by atoms with Gasteiger partial charge >= 0.3 is 0 Å². The lowest BCUT2D eigenvalue weighted by atomic mass is 10.4. The maximum atomic E-state index is 5.94. The van der Waals surface area contributed by atoms with E-state index in [1.165, 1.54) is 0 Å². The lowest BCUT2D eigenvalue weighted by Crippen LogP contribution is -2.36. The average molecular weight is 236 g/mol. The van der Waals surface area contributed by atoms with Gasteiger partial charge in [-0.2, -0.15) is 5.10 Å². The highest BCUT2D eigenvalue weighted by Gasteiger charge is 2.21. The van der Waals surface area contributed by atoms with E-state index in [-0.39, 0.29) is 12.4 Å². The molecule has 0 saturated carbocycles. The van der Waals surface area contributed by atoms with E-state index in [4.69, 9.17) is 17.4 Å². The number of hydrazine groups is 1. The molecule has 7 heteroatoms. The van der Waals surface area contributed by atoms with Gasteiger partial charge in [0.1, 0.15) is 5.69 Å². The first-order chi connectivity index (χ1) is 6.20. The molecule has 14 heavy (non-hydrogen) atoms. The van der Waals surface area contributed by atoms with Crippen molar-refractivity contribution in [3.63, 3.8) is 0 Å². The number of hydrogen-bond acceptors (Lipinski definition) is 4. The van der Waals surface area contributed by atoms with E-state index >= 15 is 0 Å². The maximum Gasteiger partial charge on any atom is 0.165 e. The molecule has 2 N–H and O–H groups in total. The molecule has 2 rings (SSSR count). The Morgan fingerprint density at radius 2 is 2.29 bits per heavy atom. The number of nitrogens with two attached hydrogens (primary N) is 1. The van der Waals surface area contributed by atoms with E-state index in [2.05, 4.69) is 10.1 Å². The number of rotatable bonds is 1. The van der Waals surface area contributed by atoms with Gasteiger partial charge < -0.3 is 0 Å². The number of amidine groups is 1. The lowest BCUT2D eigenvalue weighted by molar-refractivity contribution is 0.481. The highest BCUT2D eigenvalue weighted by Crippen LogP contribution is 2.17. The van der Waals surface area contributed by atoms with Crippen LogP contribution in [0.3, 0.4) is 0 Å². The van der Waals surface area contributed by atoms with Gasteiger partial charge in [-0.1, -0.05) is 11.6 Å². The van der Waals surface area contributed by atoms with Crippen molar-refractivity contribution in [3.05, 3.63) is 16.9 Å². The predicted octanol–water partition coefficient (Wildman–Crippen LogP) is 0.431. The molecule has 0 spiro atoms. The molecule has 0 unspecified atom stereocenters. The zero-order chi connectivity index (χ0) is 9.42. The minimum Gasteiger partial charge on any atom is -0.291 e. The van der Waals surface area contributed by atoms with Gasteiger partial charge in [0.25, 0.3) is 0 Å². The van der Waals surface area contributed by atoms with E-state index in [0.717, 1.165) is 12.2 Å². The number of aromatic nitrogens is 2. The summed E-state index contributed by atoms with van der Waals surface area (Å²) in [5.74, 6) is 6.42. The minimum atomic E-state index is 0. The van der Waals surface area contributed by atoms with Gasteiger partial charge in [0.05, 0.1) is 24.3 Å². The zero-order valence-electron chi connectivity index (χ0n) is 7.64. The van der Waals surface area contributed by atoms with Crippen molar-refractivity contribution >= 4 is 29.8 Å². The van der Waals surface area contributed by atoms with E-state index in [1.807, 2.05) is 7.05 Å². The largest absolute Gasteiger partial charge is 0.291 e. The first-order valence-electron chi connectivity index (χ1n) is 3.94. The Morgan fingerprint density at radius 3 is 2.71 bits per heavy atom. The average Bonchev–Trinajstić information content (AvgIpc) is 2.60. The van der Waals surface area contributed by atoms with Crippen LogP contribution >= 0.6 is 24.0 Å². The summed E-state index contributed by atoms with van der Waals surface area (Å²) in [7, 11) is 1.82. The molecule has 0 atom stereocenters. The summed E-state index contributed by atoms with van der Waals surface area (Å²) in [6, 6.07) is 0. The van der Waals surface area contributed by atoms with Crippen LogP contribution < -0.4 is 5.84 Å². The number of aryl methyl sites for hydroxylation is 1. The van der Waals surface area contributed by atoms with Gasteiger partial charge in [0, 0.05) is 7.05 Å². The smallest absolute Gasteiger partial charge is 0.165 e. The molecule has 1 aromatic rings. The van der Waals surface area contributed by atoms with Crippen molar-refractivity contribution in [3.8, 4) is 0 Å². The number of hydrogen-bond donors (Lipinski definition) is 1. The van der Waals surface area contributed by atoms with Crippen LogP contribution in [-0.2, 0) is 7.05 Å². The van der Waals surface area contributed by atoms with Crippen LogP contribution in [0.15, 0.2) is 11.2 Å². The van der Waals surface area contributed by atoms with E-state index in [0.29, 0.717) is 17.4 Å². The Morgan fingerprint density at radius 1 is 1.57 bits per heavy atom. The van der Waals surface area contributed by atoms with E-state index in [9.17, 15) is 0 Å². The van der Waals surface area contributed by atoms with Crippen LogP contribution in [0.5, 0.6) is 0 Å². The van der Waals surface area contributed by atoms with Crippen LogP contribution in [0, 0.1) is 0 Å². The Balaban J connectivity index is 0.000000980. The summed E-state index contributed by atoms with van der Waals surface area (Å²) in [5.41, 5.74) is 0.779. The molecule has 0 amide bonds. The maximum absolute atomic E-state index is 5.94. The molecular formula is C7H11Cl2N5. The molecule has 0 aliphatic carbocycles. The second-order valence-electron chi connectivity index (χ2n) is 2.86. The number of nitrogens with zero attached hydrogens (tertiary/aromatic N) is 4. The van der Waals surface area contributed by atoms with Gasteiger partial charge in [-0.3, -0.25) is 14.7 Å². The predicted molar refractivity (Wildman–Crippen MR) is 57.8 cm³/mol. The monoisotopic (exact) mass is 235 g/mol. The van der Waals surface area contributed by atoms with Gasteiger partial charge in [0.2, 0.25) is 0 Å². The molecule has 5 nitrogen and oxygen atoms in total. The Bertz CT molecular complexity index is 339. The third kappa shape index (κ3) is 1.70. The van der Waals surface area contributed by atoms with Gasteiger partial charge in [-0.25, -0.2) is 5.84 Å². The van der Waals surface area contributed by atoms with Crippen molar-refractivity contribution in [2.24, 2.45) is 17.9 Å². The van der Waals surface area contributed by atoms with Gasteiger partial charge in [0.15, 0.2) is 5.84 Å². The first kappa shape index (κ1) is 11.3. The molecule has 0 saturated heterocycles. The SMILES string of the molecule is Cl.Cn1ncc(Cl)c1C1=NCCN1N. The summed E-state index contributed by atoms with van der Waals surface area (Å²) in [5, 5.41) is 6.19. The molecule has 0 radical (unpaired) electrons. The fourth-order valence-electron chi connectivity index (χ4n) is 1.33. The zero-order valence-corrected chi connectivity index (χ0v) is 9.22. The van der Waals surface area contributed by atoms with Crippen LogP contribution in [0.1, 0.15) is 5.69 Å². The molecular weight excluding hydrogens is 225 g/mol. The fourth-order valence-corrected chi connectivity index (χ4v) is 1.58. The van der Waals surface area contributed by atoms with E-state index < -0.39 is 0 Å². The van der Waals surface area contributed by atoms with E-state index in [1.54, 1.807) is 15.9 Å². The van der Waals surface area contributed by atoms with Crippen molar-refractivity contribution < 1.29 is 0 Å². The van der Waals surface area contributed by atoms with Crippen LogP contribution in [0.4, 0.5) is 0 Å². The second kappa shape index (κ2) is 4.16. The molecule has 1 aromatic heterocycles. The van der Waals surface area contributed by atoms with Gasteiger partial charge in [-0.05, 0) is 0 Å². The molecule has 0 aromatic carbocycles. The Hall–Kier alpha value is -0.780. The third-order valence-electron chi connectivity index (χ3n) is 1.98. The van der Waals surface area contributed by atoms with Crippen molar-refractivity contribution in [1.29, 1.82) is 0 Å². The third-order valence-corrected chi connectivity index (χ3v) is 2.26. The minimum absolute atomic E-state index is 0. The molecule has 0 fully saturated rings. The molecule has 1 aliphatic rings. The summed E-state index contributed by atoms with van der Waals surface area (Å²) in [6.07, 6.45) is 1.59. The van der Waals surface area contributed by atoms with Crippen LogP contribution in [-0.4, -0.2) is 33.7 Å². The Labute approximate surface area is 92.9 Å². The summed E-state index contributed by atoms with van der Waals surface area (Å²) >= 11 is 5.94. The van der Waals surface area contributed by atoms with Gasteiger partial charge in [-0.15, -0.1) is 12.4 Å². The summed E-state index contributed by atoms with van der Waals surface area (Å²) < 4.78 is 1.67. The molecule has 78 valence electrons. The number of aliphatic imine (C=N–C) groups is 1. The van der Waals surface area contributed by atoms with Crippen molar-refractivity contribution in [1.82, 2.24) is 14.8 Å². The molecule has 2 heterocycles. The molecule has 1 aliphatic heterocycles. The molecule has 0 bridgehead atoms. The van der Waals surface area contributed by atoms with Crippen LogP contribution in [0.2, 0.25) is 5.02 Å². The summed E-state index contributed by atoms with van der Waals surface area (Å²) in [4.78, 5) is 4.25. The highest BCUT2D eigenvalue weighted by atomic mass is 35.5. The van der Waals surface area contributed by atoms with Crippen molar-refractivity contribution in [2.75, 3.05) is 13.1 Å². The van der Waals surface area contributed by atoms with Crippen molar-refractivity contribution in [2.45, 2.75) is 0 Å². The second-order valence-corrected chi connectivity index (χ2v) is 3.27. The topological polar surface area (TPSA) is 59.4 Å². The summed E-state index contributed by atoms with van der Waals surface area (Å²) in [6.45, 7) is 1.45. The quantitative estimate of drug-likeness (QED) is 0.719.